The van der Waals surface area contributed by atoms with Crippen molar-refractivity contribution in [3.8, 4) is 0 Å². The molecule has 1 unspecified atom stereocenters. The minimum absolute atomic E-state index is 0.189. The first-order valence-corrected chi connectivity index (χ1v) is 5.46. The van der Waals surface area contributed by atoms with Gasteiger partial charge in [-0.1, -0.05) is 37.6 Å². The molecule has 0 saturated carbocycles. The maximum atomic E-state index is 11.6. The lowest BCUT2D eigenvalue weighted by atomic mass is 10.0. The summed E-state index contributed by atoms with van der Waals surface area (Å²) in [6, 6.07) is 7.20. The summed E-state index contributed by atoms with van der Waals surface area (Å²) in [5.41, 5.74) is 1.59. The normalized spacial score (nSPS) is 12.5. The third-order valence-corrected chi connectivity index (χ3v) is 2.47. The Balaban J connectivity index is 2.67. The van der Waals surface area contributed by atoms with Crippen molar-refractivity contribution < 1.29 is 9.90 Å². The van der Waals surface area contributed by atoms with E-state index in [1.807, 2.05) is 12.1 Å². The van der Waals surface area contributed by atoms with Crippen molar-refractivity contribution in [3.63, 3.8) is 0 Å². The zero-order valence-corrected chi connectivity index (χ0v) is 9.36. The summed E-state index contributed by atoms with van der Waals surface area (Å²) < 4.78 is 0. The van der Waals surface area contributed by atoms with Crippen LogP contribution in [0.2, 0.25) is 0 Å². The maximum absolute atomic E-state index is 11.6. The van der Waals surface area contributed by atoms with Crippen molar-refractivity contribution in [1.29, 1.82) is 0 Å². The van der Waals surface area contributed by atoms with Gasteiger partial charge in [0.25, 0.3) is 0 Å². The molecule has 0 spiro atoms. The Morgan fingerprint density at radius 2 is 1.93 bits per heavy atom. The number of carbonyl (C=O) groups is 1. The molecular formula is C13H18O2. The quantitative estimate of drug-likeness (QED) is 0.751. The summed E-state index contributed by atoms with van der Waals surface area (Å²) >= 11 is 0. The molecule has 0 bridgehead atoms. The molecule has 1 rings (SSSR count). The van der Waals surface area contributed by atoms with Gasteiger partial charge in [-0.05, 0) is 18.9 Å². The van der Waals surface area contributed by atoms with Gasteiger partial charge in [0.2, 0.25) is 0 Å². The van der Waals surface area contributed by atoms with Gasteiger partial charge in [0.15, 0.2) is 5.78 Å². The van der Waals surface area contributed by atoms with E-state index in [1.54, 1.807) is 19.1 Å². The first kappa shape index (κ1) is 11.9. The summed E-state index contributed by atoms with van der Waals surface area (Å²) in [6.07, 6.45) is 2.13. The number of carbonyl (C=O) groups excluding carboxylic acids is 1. The van der Waals surface area contributed by atoms with E-state index in [-0.39, 0.29) is 5.78 Å². The number of aliphatic hydroxyl groups excluding tert-OH is 1. The Morgan fingerprint density at radius 3 is 2.40 bits per heavy atom. The van der Waals surface area contributed by atoms with Crippen LogP contribution in [0.15, 0.2) is 24.3 Å². The van der Waals surface area contributed by atoms with Crippen molar-refractivity contribution in [1.82, 2.24) is 0 Å². The van der Waals surface area contributed by atoms with Gasteiger partial charge < -0.3 is 5.11 Å². The number of rotatable bonds is 5. The first-order chi connectivity index (χ1) is 7.15. The molecule has 0 aliphatic rings. The molecule has 0 fully saturated rings. The van der Waals surface area contributed by atoms with Gasteiger partial charge in [-0.3, -0.25) is 4.79 Å². The van der Waals surface area contributed by atoms with E-state index in [1.165, 1.54) is 0 Å². The minimum Gasteiger partial charge on any atom is -0.389 e. The molecule has 0 aliphatic heterocycles. The molecule has 15 heavy (non-hydrogen) atoms. The highest BCUT2D eigenvalue weighted by molar-refractivity contribution is 5.96. The standard InChI is InChI=1S/C13H18O2/c1-3-4-5-13(15)12-8-6-11(7-9-12)10(2)14/h6-10,14H,3-5H2,1-2H3. The highest BCUT2D eigenvalue weighted by Crippen LogP contribution is 2.14. The zero-order valence-electron chi connectivity index (χ0n) is 9.36. The van der Waals surface area contributed by atoms with Gasteiger partial charge >= 0.3 is 0 Å². The van der Waals surface area contributed by atoms with Crippen molar-refractivity contribution in [2.24, 2.45) is 0 Å². The van der Waals surface area contributed by atoms with E-state index in [2.05, 4.69) is 6.92 Å². The molecule has 1 N–H and O–H groups in total. The molecule has 0 amide bonds. The van der Waals surface area contributed by atoms with Crippen molar-refractivity contribution in [2.45, 2.75) is 39.2 Å². The first-order valence-electron chi connectivity index (χ1n) is 5.46. The van der Waals surface area contributed by atoms with Crippen LogP contribution in [-0.2, 0) is 0 Å². The number of unbranched alkanes of at least 4 members (excludes halogenated alkanes) is 1. The molecule has 0 radical (unpaired) electrons. The molecule has 2 nitrogen and oxygen atoms in total. The Kier molecular flexibility index (Phi) is 4.50. The average Bonchev–Trinajstić information content (AvgIpc) is 2.26. The van der Waals surface area contributed by atoms with Crippen LogP contribution in [0.4, 0.5) is 0 Å². The van der Waals surface area contributed by atoms with Gasteiger partial charge in [0, 0.05) is 12.0 Å². The Bertz CT molecular complexity index is 312. The molecule has 1 aromatic rings. The lowest BCUT2D eigenvalue weighted by Gasteiger charge is -2.05. The second-order valence-electron chi connectivity index (χ2n) is 3.82. The lowest BCUT2D eigenvalue weighted by Crippen LogP contribution is -1.99. The van der Waals surface area contributed by atoms with Gasteiger partial charge in [-0.15, -0.1) is 0 Å². The smallest absolute Gasteiger partial charge is 0.162 e. The molecule has 1 atom stereocenters. The number of hydrogen-bond donors (Lipinski definition) is 1. The molecule has 0 heterocycles. The van der Waals surface area contributed by atoms with E-state index in [4.69, 9.17) is 0 Å². The van der Waals surface area contributed by atoms with E-state index >= 15 is 0 Å². The van der Waals surface area contributed by atoms with E-state index < -0.39 is 6.10 Å². The third kappa shape index (κ3) is 3.48. The van der Waals surface area contributed by atoms with Crippen molar-refractivity contribution in [2.75, 3.05) is 0 Å². The average molecular weight is 206 g/mol. The molecule has 0 aliphatic carbocycles. The van der Waals surface area contributed by atoms with Crippen LogP contribution in [0.5, 0.6) is 0 Å². The fraction of sp³-hybridized carbons (Fsp3) is 0.462. The second kappa shape index (κ2) is 5.66. The molecular weight excluding hydrogens is 188 g/mol. The summed E-state index contributed by atoms with van der Waals surface area (Å²) in [5.74, 6) is 0.189. The van der Waals surface area contributed by atoms with Gasteiger partial charge in [0.1, 0.15) is 0 Å². The number of ketones is 1. The molecule has 1 aromatic carbocycles. The van der Waals surface area contributed by atoms with Crippen LogP contribution < -0.4 is 0 Å². The second-order valence-corrected chi connectivity index (χ2v) is 3.82. The zero-order chi connectivity index (χ0) is 11.3. The number of aliphatic hydroxyl groups is 1. The number of benzene rings is 1. The largest absolute Gasteiger partial charge is 0.389 e. The van der Waals surface area contributed by atoms with E-state index in [0.29, 0.717) is 6.42 Å². The van der Waals surface area contributed by atoms with Gasteiger partial charge in [-0.2, -0.15) is 0 Å². The van der Waals surface area contributed by atoms with Crippen LogP contribution in [0.25, 0.3) is 0 Å². The van der Waals surface area contributed by atoms with Crippen molar-refractivity contribution in [3.05, 3.63) is 35.4 Å². The predicted octanol–water partition coefficient (Wildman–Crippen LogP) is 3.11. The van der Waals surface area contributed by atoms with E-state index in [0.717, 1.165) is 24.0 Å². The highest BCUT2D eigenvalue weighted by atomic mass is 16.3. The molecule has 0 aromatic heterocycles. The van der Waals surface area contributed by atoms with Crippen LogP contribution in [0.1, 0.15) is 55.1 Å². The SMILES string of the molecule is CCCCC(=O)c1ccc(C(C)O)cc1. The minimum atomic E-state index is -0.468. The Hall–Kier alpha value is -1.15. The van der Waals surface area contributed by atoms with Gasteiger partial charge in [-0.25, -0.2) is 0 Å². The summed E-state index contributed by atoms with van der Waals surface area (Å²) in [4.78, 5) is 11.6. The van der Waals surface area contributed by atoms with Crippen LogP contribution in [0.3, 0.4) is 0 Å². The number of hydrogen-bond acceptors (Lipinski definition) is 2. The lowest BCUT2D eigenvalue weighted by molar-refractivity contribution is 0.0979. The fourth-order valence-electron chi connectivity index (χ4n) is 1.43. The monoisotopic (exact) mass is 206 g/mol. The highest BCUT2D eigenvalue weighted by Gasteiger charge is 2.06. The van der Waals surface area contributed by atoms with Crippen molar-refractivity contribution >= 4 is 5.78 Å². The topological polar surface area (TPSA) is 37.3 Å². The van der Waals surface area contributed by atoms with Crippen LogP contribution in [-0.4, -0.2) is 10.9 Å². The van der Waals surface area contributed by atoms with E-state index in [9.17, 15) is 9.90 Å². The Labute approximate surface area is 90.9 Å². The van der Waals surface area contributed by atoms with Crippen LogP contribution >= 0.6 is 0 Å². The molecule has 2 heteroatoms. The summed E-state index contributed by atoms with van der Waals surface area (Å²) in [6.45, 7) is 3.79. The number of Topliss-reactive ketones (excluding diaryl/α,β-unsaturated/α-hetero) is 1. The summed E-state index contributed by atoms with van der Waals surface area (Å²) in [7, 11) is 0. The fourth-order valence-corrected chi connectivity index (χ4v) is 1.43. The van der Waals surface area contributed by atoms with Crippen LogP contribution in [0, 0.1) is 0 Å². The third-order valence-electron chi connectivity index (χ3n) is 2.47. The predicted molar refractivity (Wildman–Crippen MR) is 60.9 cm³/mol. The summed E-state index contributed by atoms with van der Waals surface area (Å²) in [5, 5.41) is 9.31. The van der Waals surface area contributed by atoms with Gasteiger partial charge in [0.05, 0.1) is 6.10 Å². The molecule has 0 saturated heterocycles. The maximum Gasteiger partial charge on any atom is 0.162 e. The molecule has 82 valence electrons. The Morgan fingerprint density at radius 1 is 1.33 bits per heavy atom.